The van der Waals surface area contributed by atoms with E-state index in [1.54, 1.807) is 6.92 Å². The quantitative estimate of drug-likeness (QED) is 0.662. The van der Waals surface area contributed by atoms with Gasteiger partial charge in [0.1, 0.15) is 0 Å². The lowest BCUT2D eigenvalue weighted by Crippen LogP contribution is -2.43. The summed E-state index contributed by atoms with van der Waals surface area (Å²) in [5.74, 6) is 1.94. The largest absolute Gasteiger partial charge is 0.483 e. The smallest absolute Gasteiger partial charge is 0.290 e. The lowest BCUT2D eigenvalue weighted by atomic mass is 9.76. The molecule has 0 saturated carbocycles. The van der Waals surface area contributed by atoms with Crippen LogP contribution in [0.5, 0.6) is 0 Å². The number of aromatic nitrogens is 4. The Labute approximate surface area is 173 Å². The Bertz CT molecular complexity index is 943. The van der Waals surface area contributed by atoms with Gasteiger partial charge in [0.05, 0.1) is 18.9 Å². The number of rotatable bonds is 2. The number of piperidine rings is 1. The third-order valence-corrected chi connectivity index (χ3v) is 6.19. The third-order valence-electron chi connectivity index (χ3n) is 6.19. The molecule has 2 N–H and O–H groups in total. The molecule has 0 aromatic carbocycles. The minimum Gasteiger partial charge on any atom is -0.483 e. The second-order valence-corrected chi connectivity index (χ2v) is 7.80. The first-order valence-electron chi connectivity index (χ1n) is 10.2. The summed E-state index contributed by atoms with van der Waals surface area (Å²) in [7, 11) is 0. The van der Waals surface area contributed by atoms with E-state index in [9.17, 15) is 4.79 Å². The summed E-state index contributed by atoms with van der Waals surface area (Å²) >= 11 is 0. The van der Waals surface area contributed by atoms with Crippen LogP contribution >= 0.6 is 0 Å². The minimum absolute atomic E-state index is 0.0140. The summed E-state index contributed by atoms with van der Waals surface area (Å²) in [5.41, 5.74) is 1.89. The van der Waals surface area contributed by atoms with Crippen LogP contribution in [0.25, 0.3) is 0 Å². The number of nitrogens with zero attached hydrogens (tertiary/aromatic N) is 5. The van der Waals surface area contributed by atoms with Crippen LogP contribution in [0.15, 0.2) is 9.32 Å². The normalized spacial score (nSPS) is 19.9. The first-order chi connectivity index (χ1) is 14.6. The van der Waals surface area contributed by atoms with Gasteiger partial charge >= 0.3 is 0 Å². The number of hydrogen-bond donors (Lipinski definition) is 2. The Morgan fingerprint density at radius 1 is 1.10 bits per heavy atom. The van der Waals surface area contributed by atoms with Crippen molar-refractivity contribution in [3.8, 4) is 0 Å². The summed E-state index contributed by atoms with van der Waals surface area (Å²) in [4.78, 5) is 37.6. The number of ether oxygens (including phenoxy) is 1. The molecule has 2 aromatic rings. The molecule has 5 rings (SSSR count). The van der Waals surface area contributed by atoms with E-state index in [2.05, 4.69) is 24.9 Å². The fourth-order valence-corrected chi connectivity index (χ4v) is 4.60. The van der Waals surface area contributed by atoms with Crippen molar-refractivity contribution in [1.82, 2.24) is 20.1 Å². The van der Waals surface area contributed by atoms with Crippen molar-refractivity contribution in [3.63, 3.8) is 0 Å². The van der Waals surface area contributed by atoms with Crippen LogP contribution in [-0.2, 0) is 21.4 Å². The topological polar surface area (TPSA) is 138 Å². The van der Waals surface area contributed by atoms with Crippen LogP contribution in [0.1, 0.15) is 36.4 Å². The molecule has 1 aliphatic carbocycles. The van der Waals surface area contributed by atoms with Crippen LogP contribution in [-0.4, -0.2) is 71.1 Å². The molecular formula is C19H26N6O5. The molecule has 3 aliphatic rings. The standard InChI is InChI=1S/C18H24N6O3.CH2O2/c1-12-19-17(22-27-12)23-6-4-18(5-7-23)3-2-13-14(18)20-16(21-15(13)25)24-8-10-26-11-9-24;2-1-3/h2-11H2,1H3,(H,20,21,25);1H,(H,2,3). The molecule has 0 unspecified atom stereocenters. The summed E-state index contributed by atoms with van der Waals surface area (Å²) < 4.78 is 10.5. The average Bonchev–Trinajstić information content (AvgIpc) is 3.35. The van der Waals surface area contributed by atoms with E-state index in [1.807, 2.05) is 0 Å². The Morgan fingerprint density at radius 3 is 2.43 bits per heavy atom. The van der Waals surface area contributed by atoms with Crippen molar-refractivity contribution in [3.05, 3.63) is 27.5 Å². The van der Waals surface area contributed by atoms with Gasteiger partial charge in [0.2, 0.25) is 11.8 Å². The van der Waals surface area contributed by atoms with Crippen LogP contribution in [0.3, 0.4) is 0 Å². The highest BCUT2D eigenvalue weighted by molar-refractivity contribution is 5.42. The van der Waals surface area contributed by atoms with Crippen molar-refractivity contribution in [2.75, 3.05) is 49.2 Å². The zero-order valence-corrected chi connectivity index (χ0v) is 17.0. The molecule has 30 heavy (non-hydrogen) atoms. The second kappa shape index (κ2) is 8.42. The molecule has 4 heterocycles. The SMILES string of the molecule is Cc1nc(N2CCC3(CCc4c3nc(N3CCOCC3)[nH]c4=O)CC2)no1.O=CO. The highest BCUT2D eigenvalue weighted by atomic mass is 16.5. The minimum atomic E-state index is -0.250. The second-order valence-electron chi connectivity index (χ2n) is 7.80. The van der Waals surface area contributed by atoms with Gasteiger partial charge in [-0.05, 0) is 30.8 Å². The number of aromatic amines is 1. The van der Waals surface area contributed by atoms with Crippen LogP contribution in [0.2, 0.25) is 0 Å². The molecule has 162 valence electrons. The maximum Gasteiger partial charge on any atom is 0.290 e. The molecule has 2 fully saturated rings. The van der Waals surface area contributed by atoms with Crippen molar-refractivity contribution in [2.24, 2.45) is 0 Å². The molecular weight excluding hydrogens is 392 g/mol. The molecule has 2 aliphatic heterocycles. The average molecular weight is 418 g/mol. The number of carbonyl (C=O) groups is 1. The van der Waals surface area contributed by atoms with Crippen LogP contribution < -0.4 is 15.4 Å². The highest BCUT2D eigenvalue weighted by Crippen LogP contribution is 2.45. The van der Waals surface area contributed by atoms with E-state index >= 15 is 0 Å². The molecule has 1 spiro atoms. The molecule has 0 radical (unpaired) electrons. The molecule has 0 amide bonds. The van der Waals surface area contributed by atoms with Gasteiger partial charge in [-0.3, -0.25) is 14.6 Å². The Kier molecular flexibility index (Phi) is 5.71. The number of nitrogens with one attached hydrogen (secondary N) is 1. The van der Waals surface area contributed by atoms with Crippen molar-refractivity contribution >= 4 is 18.4 Å². The first-order valence-corrected chi connectivity index (χ1v) is 10.2. The Balaban J connectivity index is 0.000000687. The van der Waals surface area contributed by atoms with Crippen molar-refractivity contribution in [1.29, 1.82) is 0 Å². The van der Waals surface area contributed by atoms with Crippen molar-refractivity contribution in [2.45, 2.75) is 38.0 Å². The summed E-state index contributed by atoms with van der Waals surface area (Å²) in [6, 6.07) is 0. The lowest BCUT2D eigenvalue weighted by Gasteiger charge is -2.39. The first kappa shape index (κ1) is 20.3. The molecule has 11 nitrogen and oxygen atoms in total. The van der Waals surface area contributed by atoms with E-state index in [-0.39, 0.29) is 17.4 Å². The van der Waals surface area contributed by atoms with E-state index in [4.69, 9.17) is 24.1 Å². The molecule has 0 atom stereocenters. The number of carboxylic acid groups (broad SMARTS) is 1. The van der Waals surface area contributed by atoms with Gasteiger partial charge in [-0.2, -0.15) is 4.98 Å². The van der Waals surface area contributed by atoms with Gasteiger partial charge < -0.3 is 24.2 Å². The van der Waals surface area contributed by atoms with Crippen molar-refractivity contribution < 1.29 is 19.2 Å². The Morgan fingerprint density at radius 2 is 1.80 bits per heavy atom. The zero-order valence-electron chi connectivity index (χ0n) is 17.0. The molecule has 11 heteroatoms. The molecule has 2 saturated heterocycles. The Hall–Kier alpha value is -2.95. The summed E-state index contributed by atoms with van der Waals surface area (Å²) in [5, 5.41) is 10.9. The number of hydrogen-bond acceptors (Lipinski definition) is 9. The lowest BCUT2D eigenvalue weighted by molar-refractivity contribution is -0.122. The van der Waals surface area contributed by atoms with Gasteiger partial charge in [-0.15, -0.1) is 0 Å². The fourth-order valence-electron chi connectivity index (χ4n) is 4.60. The summed E-state index contributed by atoms with van der Waals surface area (Å²) in [6.07, 6.45) is 3.70. The predicted molar refractivity (Wildman–Crippen MR) is 107 cm³/mol. The summed E-state index contributed by atoms with van der Waals surface area (Å²) in [6.45, 7) is 6.12. The maximum atomic E-state index is 12.7. The van der Waals surface area contributed by atoms with E-state index < -0.39 is 0 Å². The number of anilines is 2. The number of morpholine rings is 1. The number of fused-ring (bicyclic) bond motifs is 2. The number of aryl methyl sites for hydroxylation is 1. The maximum absolute atomic E-state index is 12.7. The number of H-pyrrole nitrogens is 1. The van der Waals surface area contributed by atoms with E-state index in [0.29, 0.717) is 31.0 Å². The van der Waals surface area contributed by atoms with Gasteiger partial charge in [0.25, 0.3) is 18.0 Å². The van der Waals surface area contributed by atoms with Gasteiger partial charge in [-0.25, -0.2) is 4.98 Å². The monoisotopic (exact) mass is 418 g/mol. The highest BCUT2D eigenvalue weighted by Gasteiger charge is 2.44. The van der Waals surface area contributed by atoms with E-state index in [1.165, 1.54) is 0 Å². The van der Waals surface area contributed by atoms with E-state index in [0.717, 1.165) is 63.1 Å². The van der Waals surface area contributed by atoms with Crippen LogP contribution in [0, 0.1) is 6.92 Å². The van der Waals surface area contributed by atoms with Gasteiger partial charge in [-0.1, -0.05) is 0 Å². The van der Waals surface area contributed by atoms with Crippen LogP contribution in [0.4, 0.5) is 11.9 Å². The third kappa shape index (κ3) is 3.76. The van der Waals surface area contributed by atoms with Gasteiger partial charge in [0.15, 0.2) is 0 Å². The zero-order chi connectivity index (χ0) is 21.1. The molecule has 2 aromatic heterocycles. The van der Waals surface area contributed by atoms with Gasteiger partial charge in [0, 0.05) is 44.1 Å². The molecule has 0 bridgehead atoms. The predicted octanol–water partition coefficient (Wildman–Crippen LogP) is 0.483. The fraction of sp³-hybridized carbons (Fsp3) is 0.632.